The molecule has 3 unspecified atom stereocenters. The third-order valence-electron chi connectivity index (χ3n) is 1.77. The van der Waals surface area contributed by atoms with Crippen molar-refractivity contribution in [1.82, 2.24) is 5.32 Å². The first-order valence-corrected chi connectivity index (χ1v) is 3.82. The van der Waals surface area contributed by atoms with Crippen LogP contribution in [0.15, 0.2) is 0 Å². The van der Waals surface area contributed by atoms with Gasteiger partial charge in [-0.05, 0) is 26.8 Å². The van der Waals surface area contributed by atoms with Gasteiger partial charge in [0.2, 0.25) is 0 Å². The molecule has 0 aromatic heterocycles. The van der Waals surface area contributed by atoms with E-state index in [4.69, 9.17) is 10.5 Å². The van der Waals surface area contributed by atoms with Crippen molar-refractivity contribution in [1.29, 1.82) is 0 Å². The quantitative estimate of drug-likeness (QED) is 0.548. The van der Waals surface area contributed by atoms with E-state index in [1.165, 1.54) is 0 Å². The van der Waals surface area contributed by atoms with E-state index < -0.39 is 0 Å². The molecule has 0 saturated carbocycles. The van der Waals surface area contributed by atoms with E-state index in [0.717, 1.165) is 12.8 Å². The lowest BCUT2D eigenvalue weighted by molar-refractivity contribution is 0.343. The predicted octanol–water partition coefficient (Wildman–Crippen LogP) is 0.0581. The molecule has 0 aromatic rings. The van der Waals surface area contributed by atoms with Crippen LogP contribution in [0.1, 0.15) is 19.8 Å². The van der Waals surface area contributed by atoms with Gasteiger partial charge in [-0.1, -0.05) is 0 Å². The Balaban J connectivity index is 1.96. The number of hydrogen-bond donors (Lipinski definition) is 2. The minimum atomic E-state index is 0.304. The summed E-state index contributed by atoms with van der Waals surface area (Å²) in [5, 5.41) is 3.05. The summed E-state index contributed by atoms with van der Waals surface area (Å²) in [4.78, 5) is 0. The van der Waals surface area contributed by atoms with E-state index in [1.807, 2.05) is 14.0 Å². The summed E-state index contributed by atoms with van der Waals surface area (Å²) in [6.45, 7) is 2.02. The maximum absolute atomic E-state index is 5.58. The normalized spacial score (nSPS) is 33.9. The van der Waals surface area contributed by atoms with Gasteiger partial charge in [-0.2, -0.15) is 0 Å². The Labute approximate surface area is 61.9 Å². The fourth-order valence-corrected chi connectivity index (χ4v) is 1.04. The topological polar surface area (TPSA) is 50.6 Å². The molecule has 10 heavy (non-hydrogen) atoms. The van der Waals surface area contributed by atoms with Crippen LogP contribution < -0.4 is 11.1 Å². The fraction of sp³-hybridized carbons (Fsp3) is 1.00. The van der Waals surface area contributed by atoms with Gasteiger partial charge in [-0.25, -0.2) is 0 Å². The third kappa shape index (κ3) is 2.25. The van der Waals surface area contributed by atoms with Crippen LogP contribution in [0, 0.1) is 0 Å². The molecule has 1 rings (SSSR count). The second-order valence-corrected chi connectivity index (χ2v) is 2.94. The molecule has 60 valence electrons. The molecule has 1 aliphatic rings. The van der Waals surface area contributed by atoms with Crippen molar-refractivity contribution in [2.24, 2.45) is 5.73 Å². The van der Waals surface area contributed by atoms with Crippen LogP contribution in [-0.2, 0) is 4.74 Å². The SMILES string of the molecule is CNC1OC1CCC(C)N. The van der Waals surface area contributed by atoms with E-state index in [9.17, 15) is 0 Å². The van der Waals surface area contributed by atoms with Gasteiger partial charge in [0.05, 0.1) is 6.10 Å². The summed E-state index contributed by atoms with van der Waals surface area (Å²) in [5.41, 5.74) is 5.58. The van der Waals surface area contributed by atoms with Crippen molar-refractivity contribution in [3.8, 4) is 0 Å². The molecule has 1 saturated heterocycles. The second-order valence-electron chi connectivity index (χ2n) is 2.94. The molecule has 3 nitrogen and oxygen atoms in total. The summed E-state index contributed by atoms with van der Waals surface area (Å²) in [5.74, 6) is 0. The molecule has 0 aromatic carbocycles. The molecule has 3 N–H and O–H groups in total. The first-order chi connectivity index (χ1) is 4.74. The van der Waals surface area contributed by atoms with Crippen molar-refractivity contribution < 1.29 is 4.74 Å². The molecular weight excluding hydrogens is 128 g/mol. The Morgan fingerprint density at radius 2 is 2.40 bits per heavy atom. The maximum Gasteiger partial charge on any atom is 0.135 e. The zero-order valence-corrected chi connectivity index (χ0v) is 6.63. The van der Waals surface area contributed by atoms with Gasteiger partial charge >= 0.3 is 0 Å². The van der Waals surface area contributed by atoms with Crippen LogP contribution in [0.25, 0.3) is 0 Å². The van der Waals surface area contributed by atoms with Crippen LogP contribution in [0.5, 0.6) is 0 Å². The van der Waals surface area contributed by atoms with Gasteiger partial charge in [0, 0.05) is 6.04 Å². The van der Waals surface area contributed by atoms with E-state index in [2.05, 4.69) is 5.32 Å². The van der Waals surface area contributed by atoms with Crippen LogP contribution >= 0.6 is 0 Å². The Morgan fingerprint density at radius 1 is 1.70 bits per heavy atom. The van der Waals surface area contributed by atoms with Crippen LogP contribution in [0.2, 0.25) is 0 Å². The van der Waals surface area contributed by atoms with Crippen molar-refractivity contribution >= 4 is 0 Å². The highest BCUT2D eigenvalue weighted by Crippen LogP contribution is 2.23. The smallest absolute Gasteiger partial charge is 0.135 e. The van der Waals surface area contributed by atoms with E-state index in [0.29, 0.717) is 18.4 Å². The predicted molar refractivity (Wildman–Crippen MR) is 40.6 cm³/mol. The van der Waals surface area contributed by atoms with Crippen molar-refractivity contribution in [3.63, 3.8) is 0 Å². The zero-order chi connectivity index (χ0) is 7.56. The minimum Gasteiger partial charge on any atom is -0.353 e. The Morgan fingerprint density at radius 3 is 2.80 bits per heavy atom. The fourth-order valence-electron chi connectivity index (χ4n) is 1.04. The lowest BCUT2D eigenvalue weighted by atomic mass is 10.1. The van der Waals surface area contributed by atoms with Gasteiger partial charge in [-0.15, -0.1) is 0 Å². The molecule has 0 radical (unpaired) electrons. The summed E-state index contributed by atoms with van der Waals surface area (Å²) >= 11 is 0. The number of epoxide rings is 1. The zero-order valence-electron chi connectivity index (χ0n) is 6.63. The summed E-state index contributed by atoms with van der Waals surface area (Å²) in [6.07, 6.45) is 2.88. The van der Waals surface area contributed by atoms with Gasteiger partial charge in [-0.3, -0.25) is 5.32 Å². The molecule has 1 heterocycles. The Hall–Kier alpha value is -0.120. The van der Waals surface area contributed by atoms with Gasteiger partial charge < -0.3 is 10.5 Å². The number of likely N-dealkylation sites (N-methyl/N-ethyl adjacent to an activating group) is 1. The number of rotatable bonds is 4. The highest BCUT2D eigenvalue weighted by Gasteiger charge is 2.36. The number of ether oxygens (including phenoxy) is 1. The highest BCUT2D eigenvalue weighted by atomic mass is 16.6. The number of nitrogens with two attached hydrogens (primary N) is 1. The lowest BCUT2D eigenvalue weighted by Gasteiger charge is -2.00. The summed E-state index contributed by atoms with van der Waals surface area (Å²) in [7, 11) is 1.91. The molecule has 1 fully saturated rings. The van der Waals surface area contributed by atoms with Crippen LogP contribution in [-0.4, -0.2) is 25.4 Å². The molecule has 0 bridgehead atoms. The van der Waals surface area contributed by atoms with E-state index >= 15 is 0 Å². The largest absolute Gasteiger partial charge is 0.353 e. The van der Waals surface area contributed by atoms with Crippen molar-refractivity contribution in [3.05, 3.63) is 0 Å². The van der Waals surface area contributed by atoms with E-state index in [-0.39, 0.29) is 0 Å². The first-order valence-electron chi connectivity index (χ1n) is 3.82. The summed E-state index contributed by atoms with van der Waals surface area (Å²) in [6, 6.07) is 0.307. The Bertz CT molecular complexity index is 106. The van der Waals surface area contributed by atoms with Gasteiger partial charge in [0.1, 0.15) is 6.23 Å². The molecule has 1 aliphatic heterocycles. The van der Waals surface area contributed by atoms with E-state index in [1.54, 1.807) is 0 Å². The van der Waals surface area contributed by atoms with Crippen molar-refractivity contribution in [2.75, 3.05) is 7.05 Å². The van der Waals surface area contributed by atoms with Crippen molar-refractivity contribution in [2.45, 2.75) is 38.1 Å². The van der Waals surface area contributed by atoms with Gasteiger partial charge in [0.25, 0.3) is 0 Å². The second kappa shape index (κ2) is 3.32. The standard InChI is InChI=1S/C7H16N2O/c1-5(8)3-4-6-7(9-2)10-6/h5-7,9H,3-4,8H2,1-2H3. The molecule has 3 atom stereocenters. The number of hydrogen-bond acceptors (Lipinski definition) is 3. The highest BCUT2D eigenvalue weighted by molar-refractivity contribution is 4.81. The average Bonchev–Trinajstić information content (AvgIpc) is 2.61. The summed E-state index contributed by atoms with van der Waals surface area (Å²) < 4.78 is 5.25. The molecule has 3 heteroatoms. The lowest BCUT2D eigenvalue weighted by Crippen LogP contribution is -2.17. The Kier molecular flexibility index (Phi) is 2.65. The van der Waals surface area contributed by atoms with Crippen LogP contribution in [0.3, 0.4) is 0 Å². The maximum atomic E-state index is 5.58. The first kappa shape index (κ1) is 7.98. The monoisotopic (exact) mass is 144 g/mol. The molecule has 0 aliphatic carbocycles. The molecule has 0 spiro atoms. The van der Waals surface area contributed by atoms with Crippen LogP contribution in [0.4, 0.5) is 0 Å². The molecule has 0 amide bonds. The third-order valence-corrected chi connectivity index (χ3v) is 1.77. The van der Waals surface area contributed by atoms with Gasteiger partial charge in [0.15, 0.2) is 0 Å². The minimum absolute atomic E-state index is 0.304. The molecular formula is C7H16N2O. The number of nitrogens with one attached hydrogen (secondary N) is 1. The average molecular weight is 144 g/mol.